The molecule has 5 rings (SSSR count). The number of aromatic nitrogens is 2. The number of hydrogen-bond acceptors (Lipinski definition) is 7. The van der Waals surface area contributed by atoms with Gasteiger partial charge in [0.2, 0.25) is 0 Å². The quantitative estimate of drug-likeness (QED) is 0.339. The van der Waals surface area contributed by atoms with Crippen LogP contribution >= 0.6 is 11.6 Å². The molecule has 1 atom stereocenters. The number of nitrogens with one attached hydrogen (secondary N) is 1. The van der Waals surface area contributed by atoms with Crippen LogP contribution in [0.4, 0.5) is 16.2 Å². The SMILES string of the molecule is COc1ccc(N(C(=O)Nc2cccc(Cl)c2)[C@H](C)c2nc3ccccc3c(=O)n2N2CCN(C)CC2)c(OC)c1. The van der Waals surface area contributed by atoms with Crippen molar-refractivity contribution in [1.29, 1.82) is 0 Å². The van der Waals surface area contributed by atoms with Crippen LogP contribution in [0.1, 0.15) is 18.8 Å². The van der Waals surface area contributed by atoms with Gasteiger partial charge in [-0.25, -0.2) is 14.5 Å². The van der Waals surface area contributed by atoms with Crippen molar-refractivity contribution in [3.05, 3.63) is 87.9 Å². The summed E-state index contributed by atoms with van der Waals surface area (Å²) in [6.07, 6.45) is 0. The number of rotatable bonds is 7. The molecule has 11 heteroatoms. The number of urea groups is 1. The number of likely N-dealkylation sites (N-methyl/N-ethyl adjacent to an activating group) is 1. The van der Waals surface area contributed by atoms with Crippen LogP contribution in [-0.4, -0.2) is 68.0 Å². The lowest BCUT2D eigenvalue weighted by atomic mass is 10.1. The van der Waals surface area contributed by atoms with Crippen molar-refractivity contribution in [2.75, 3.05) is 62.7 Å². The van der Waals surface area contributed by atoms with E-state index in [4.69, 9.17) is 26.1 Å². The summed E-state index contributed by atoms with van der Waals surface area (Å²) in [6.45, 7) is 4.70. The molecule has 2 amide bonds. The molecule has 1 aliphatic rings. The van der Waals surface area contributed by atoms with Crippen LogP contribution in [0.5, 0.6) is 11.5 Å². The van der Waals surface area contributed by atoms with Gasteiger partial charge in [-0.15, -0.1) is 0 Å². The second kappa shape index (κ2) is 12.1. The number of carbonyl (C=O) groups excluding carboxylic acids is 1. The minimum Gasteiger partial charge on any atom is -0.497 e. The number of nitrogens with zero attached hydrogens (tertiary/aromatic N) is 5. The Balaban J connectivity index is 1.68. The number of halogens is 1. The lowest BCUT2D eigenvalue weighted by Crippen LogP contribution is -2.55. The molecule has 1 saturated heterocycles. The average molecular weight is 577 g/mol. The minimum absolute atomic E-state index is 0.182. The van der Waals surface area contributed by atoms with E-state index in [-0.39, 0.29) is 5.56 Å². The molecule has 3 aromatic carbocycles. The molecule has 10 nitrogen and oxygen atoms in total. The van der Waals surface area contributed by atoms with Gasteiger partial charge in [-0.05, 0) is 56.4 Å². The zero-order valence-corrected chi connectivity index (χ0v) is 24.3. The molecular weight excluding hydrogens is 544 g/mol. The molecule has 2 heterocycles. The third-order valence-corrected chi connectivity index (χ3v) is 7.48. The van der Waals surface area contributed by atoms with E-state index in [1.165, 1.54) is 7.11 Å². The molecular formula is C30H33ClN6O4. The number of carbonyl (C=O) groups is 1. The van der Waals surface area contributed by atoms with Crippen LogP contribution in [0.3, 0.4) is 0 Å². The first-order valence-corrected chi connectivity index (χ1v) is 13.7. The van der Waals surface area contributed by atoms with Gasteiger partial charge >= 0.3 is 6.03 Å². The van der Waals surface area contributed by atoms with Crippen LogP contribution in [0.2, 0.25) is 5.02 Å². The fourth-order valence-electron chi connectivity index (χ4n) is 5.02. The third-order valence-electron chi connectivity index (χ3n) is 7.24. The van der Waals surface area contributed by atoms with E-state index in [0.717, 1.165) is 13.1 Å². The molecule has 0 bridgehead atoms. The van der Waals surface area contributed by atoms with Gasteiger partial charge in [-0.1, -0.05) is 29.8 Å². The molecule has 4 aromatic rings. The highest BCUT2D eigenvalue weighted by molar-refractivity contribution is 6.30. The molecule has 0 aliphatic carbocycles. The molecule has 1 fully saturated rings. The van der Waals surface area contributed by atoms with Crippen LogP contribution < -0.4 is 30.3 Å². The molecule has 214 valence electrons. The topological polar surface area (TPSA) is 92.2 Å². The van der Waals surface area contributed by atoms with E-state index >= 15 is 0 Å². The van der Waals surface area contributed by atoms with Gasteiger partial charge in [0.25, 0.3) is 5.56 Å². The van der Waals surface area contributed by atoms with Gasteiger partial charge < -0.3 is 24.7 Å². The molecule has 1 aromatic heterocycles. The first kappa shape index (κ1) is 28.3. The maximum Gasteiger partial charge on any atom is 0.327 e. The first-order valence-electron chi connectivity index (χ1n) is 13.3. The minimum atomic E-state index is -0.701. The fourth-order valence-corrected chi connectivity index (χ4v) is 5.21. The lowest BCUT2D eigenvalue weighted by molar-refractivity contribution is 0.253. The summed E-state index contributed by atoms with van der Waals surface area (Å²) in [5, 5.41) is 5.96. The largest absolute Gasteiger partial charge is 0.497 e. The zero-order chi connectivity index (χ0) is 29.1. The number of methoxy groups -OCH3 is 2. The third kappa shape index (κ3) is 5.79. The van der Waals surface area contributed by atoms with E-state index in [0.29, 0.717) is 57.7 Å². The maximum atomic E-state index is 14.1. The molecule has 0 unspecified atom stereocenters. The number of piperazine rings is 1. The molecule has 1 aliphatic heterocycles. The number of fused-ring (bicyclic) bond motifs is 1. The Labute approximate surface area is 243 Å². The summed E-state index contributed by atoms with van der Waals surface area (Å²) in [6, 6.07) is 18.3. The predicted molar refractivity (Wildman–Crippen MR) is 162 cm³/mol. The van der Waals surface area contributed by atoms with E-state index in [9.17, 15) is 9.59 Å². The molecule has 0 saturated carbocycles. The van der Waals surface area contributed by atoms with Gasteiger partial charge in [0, 0.05) is 43.0 Å². The highest BCUT2D eigenvalue weighted by Crippen LogP contribution is 2.37. The monoisotopic (exact) mass is 576 g/mol. The summed E-state index contributed by atoms with van der Waals surface area (Å²) in [5.74, 6) is 1.43. The Morgan fingerprint density at radius 1 is 1.00 bits per heavy atom. The normalized spacial score (nSPS) is 14.5. The Morgan fingerprint density at radius 2 is 1.76 bits per heavy atom. The zero-order valence-electron chi connectivity index (χ0n) is 23.5. The van der Waals surface area contributed by atoms with Gasteiger partial charge in [-0.2, -0.15) is 0 Å². The molecule has 41 heavy (non-hydrogen) atoms. The first-order chi connectivity index (χ1) is 19.8. The van der Waals surface area contributed by atoms with Gasteiger partial charge in [0.1, 0.15) is 11.5 Å². The van der Waals surface area contributed by atoms with Crippen LogP contribution in [0.25, 0.3) is 10.9 Å². The van der Waals surface area contributed by atoms with E-state index in [1.807, 2.05) is 30.1 Å². The molecule has 1 N–H and O–H groups in total. The van der Waals surface area contributed by atoms with Gasteiger partial charge in [0.05, 0.1) is 36.9 Å². The Kier molecular flexibility index (Phi) is 8.32. The van der Waals surface area contributed by atoms with Crippen molar-refractivity contribution in [1.82, 2.24) is 14.6 Å². The second-order valence-corrected chi connectivity index (χ2v) is 10.3. The molecule has 0 radical (unpaired) electrons. The van der Waals surface area contributed by atoms with E-state index < -0.39 is 12.1 Å². The second-order valence-electron chi connectivity index (χ2n) is 9.89. The smallest absolute Gasteiger partial charge is 0.327 e. The average Bonchev–Trinajstić information content (AvgIpc) is 2.98. The summed E-state index contributed by atoms with van der Waals surface area (Å²) in [4.78, 5) is 36.8. The standard InChI is InChI=1S/C30H33ClN6O4/c1-20(28-33-25-11-6-5-10-24(25)29(38)37(28)35-16-14-34(2)15-17-35)36(26-13-12-23(40-3)19-27(26)41-4)30(39)32-22-9-7-8-21(31)18-22/h5-13,18-20H,14-17H2,1-4H3,(H,32,39)/t20-/m1/s1. The van der Waals surface area contributed by atoms with Gasteiger partial charge in [0.15, 0.2) is 5.82 Å². The van der Waals surface area contributed by atoms with E-state index in [1.54, 1.807) is 65.2 Å². The number of para-hydroxylation sites is 1. The van der Waals surface area contributed by atoms with Crippen molar-refractivity contribution in [2.45, 2.75) is 13.0 Å². The summed E-state index contributed by atoms with van der Waals surface area (Å²) >= 11 is 6.20. The van der Waals surface area contributed by atoms with Crippen LogP contribution in [0, 0.1) is 0 Å². The summed E-state index contributed by atoms with van der Waals surface area (Å²) in [7, 11) is 5.15. The Hall–Kier alpha value is -4.28. The van der Waals surface area contributed by atoms with Crippen LogP contribution in [-0.2, 0) is 0 Å². The predicted octanol–water partition coefficient (Wildman–Crippen LogP) is 4.75. The highest BCUT2D eigenvalue weighted by Gasteiger charge is 2.32. The van der Waals surface area contributed by atoms with Crippen LogP contribution in [0.15, 0.2) is 71.5 Å². The highest BCUT2D eigenvalue weighted by atomic mass is 35.5. The molecule has 0 spiro atoms. The number of ether oxygens (including phenoxy) is 2. The number of benzene rings is 3. The van der Waals surface area contributed by atoms with Crippen molar-refractivity contribution in [2.24, 2.45) is 0 Å². The Bertz CT molecular complexity index is 1620. The Morgan fingerprint density at radius 3 is 2.46 bits per heavy atom. The van der Waals surface area contributed by atoms with Crippen molar-refractivity contribution < 1.29 is 14.3 Å². The lowest BCUT2D eigenvalue weighted by Gasteiger charge is -2.38. The summed E-state index contributed by atoms with van der Waals surface area (Å²) < 4.78 is 12.7. The number of anilines is 2. The maximum absolute atomic E-state index is 14.1. The summed E-state index contributed by atoms with van der Waals surface area (Å²) in [5.41, 5.74) is 1.38. The van der Waals surface area contributed by atoms with Crippen molar-refractivity contribution >= 4 is 39.9 Å². The van der Waals surface area contributed by atoms with Crippen molar-refractivity contribution in [3.8, 4) is 11.5 Å². The van der Waals surface area contributed by atoms with Crippen molar-refractivity contribution in [3.63, 3.8) is 0 Å². The van der Waals surface area contributed by atoms with E-state index in [2.05, 4.69) is 17.3 Å². The number of amides is 2. The van der Waals surface area contributed by atoms with Gasteiger partial charge in [-0.3, -0.25) is 9.69 Å². The fraction of sp³-hybridized carbons (Fsp3) is 0.300. The number of hydrogen-bond donors (Lipinski definition) is 1.